The van der Waals surface area contributed by atoms with Gasteiger partial charge in [0.25, 0.3) is 0 Å². The van der Waals surface area contributed by atoms with E-state index in [-0.39, 0.29) is 0 Å². The lowest BCUT2D eigenvalue weighted by atomic mass is 10.1. The van der Waals surface area contributed by atoms with Gasteiger partial charge in [-0.25, -0.2) is 0 Å². The van der Waals surface area contributed by atoms with E-state index in [0.29, 0.717) is 17.1 Å². The van der Waals surface area contributed by atoms with Crippen LogP contribution in [0.15, 0.2) is 30.3 Å². The minimum absolute atomic E-state index is 0.533. The van der Waals surface area contributed by atoms with Crippen LogP contribution in [0.5, 0.6) is 11.5 Å². The van der Waals surface area contributed by atoms with E-state index in [4.69, 9.17) is 21.6 Å². The van der Waals surface area contributed by atoms with Gasteiger partial charge in [-0.05, 0) is 61.7 Å². The average Bonchev–Trinajstić information content (AvgIpc) is 2.38. The molecule has 0 radical (unpaired) electrons. The Balaban J connectivity index is 2.40. The third-order valence-electron chi connectivity index (χ3n) is 2.89. The monoisotopic (exact) mass is 271 g/mol. The molecule has 3 heteroatoms. The van der Waals surface area contributed by atoms with Gasteiger partial charge in [-0.1, -0.05) is 17.7 Å². The van der Waals surface area contributed by atoms with E-state index in [0.717, 1.165) is 21.7 Å². The Morgan fingerprint density at radius 1 is 1.05 bits per heavy atom. The molecule has 2 nitrogen and oxygen atoms in total. The topological polar surface area (TPSA) is 33.0 Å². The number of nitriles is 1. The maximum Gasteiger partial charge on any atom is 0.145 e. The molecule has 0 spiro atoms. The van der Waals surface area contributed by atoms with E-state index in [1.165, 1.54) is 0 Å². The van der Waals surface area contributed by atoms with Crippen LogP contribution in [-0.4, -0.2) is 0 Å². The molecule has 0 aliphatic rings. The first kappa shape index (κ1) is 13.5. The fourth-order valence-electron chi connectivity index (χ4n) is 1.91. The Morgan fingerprint density at radius 2 is 1.68 bits per heavy atom. The molecule has 0 amide bonds. The van der Waals surface area contributed by atoms with Gasteiger partial charge in [0, 0.05) is 5.02 Å². The van der Waals surface area contributed by atoms with Crippen molar-refractivity contribution in [3.8, 4) is 17.6 Å². The maximum absolute atomic E-state index is 9.12. The molecule has 0 saturated carbocycles. The third kappa shape index (κ3) is 2.89. The van der Waals surface area contributed by atoms with Gasteiger partial charge < -0.3 is 4.74 Å². The predicted octanol–water partition coefficient (Wildman–Crippen LogP) is 4.93. The summed E-state index contributed by atoms with van der Waals surface area (Å²) in [4.78, 5) is 0. The Hall–Kier alpha value is -1.98. The van der Waals surface area contributed by atoms with Crippen molar-refractivity contribution in [2.45, 2.75) is 20.8 Å². The second-order valence-corrected chi connectivity index (χ2v) is 4.96. The van der Waals surface area contributed by atoms with Gasteiger partial charge in [0.2, 0.25) is 0 Å². The fourth-order valence-corrected chi connectivity index (χ4v) is 2.02. The summed E-state index contributed by atoms with van der Waals surface area (Å²) in [5, 5.41) is 9.87. The largest absolute Gasteiger partial charge is 0.456 e. The highest BCUT2D eigenvalue weighted by atomic mass is 35.5. The first-order valence-electron chi connectivity index (χ1n) is 5.96. The molecule has 0 atom stereocenters. The molecule has 2 aromatic carbocycles. The Labute approximate surface area is 118 Å². The van der Waals surface area contributed by atoms with Crippen LogP contribution in [0.25, 0.3) is 0 Å². The lowest BCUT2D eigenvalue weighted by molar-refractivity contribution is 0.480. The number of benzene rings is 2. The molecular weight excluding hydrogens is 258 g/mol. The average molecular weight is 272 g/mol. The van der Waals surface area contributed by atoms with E-state index < -0.39 is 0 Å². The van der Waals surface area contributed by atoms with Gasteiger partial charge in [0.15, 0.2) is 0 Å². The van der Waals surface area contributed by atoms with Gasteiger partial charge in [0.1, 0.15) is 17.6 Å². The molecule has 0 unspecified atom stereocenters. The SMILES string of the molecule is Cc1ccc(Oc2cc(C)c(Cl)c(C)c2)c(C#N)c1. The quantitative estimate of drug-likeness (QED) is 0.776. The van der Waals surface area contributed by atoms with Crippen molar-refractivity contribution < 1.29 is 4.74 Å². The fraction of sp³-hybridized carbons (Fsp3) is 0.188. The zero-order valence-corrected chi connectivity index (χ0v) is 11.9. The van der Waals surface area contributed by atoms with Crippen molar-refractivity contribution >= 4 is 11.6 Å². The summed E-state index contributed by atoms with van der Waals surface area (Å²) < 4.78 is 5.79. The summed E-state index contributed by atoms with van der Waals surface area (Å²) in [5.41, 5.74) is 3.49. The highest BCUT2D eigenvalue weighted by Gasteiger charge is 2.08. The second kappa shape index (κ2) is 5.34. The molecule has 19 heavy (non-hydrogen) atoms. The predicted molar refractivity (Wildman–Crippen MR) is 76.9 cm³/mol. The van der Waals surface area contributed by atoms with Gasteiger partial charge in [-0.15, -0.1) is 0 Å². The summed E-state index contributed by atoms with van der Waals surface area (Å²) in [6.07, 6.45) is 0. The van der Waals surface area contributed by atoms with Crippen LogP contribution in [-0.2, 0) is 0 Å². The Morgan fingerprint density at radius 3 is 2.26 bits per heavy atom. The summed E-state index contributed by atoms with van der Waals surface area (Å²) in [7, 11) is 0. The summed E-state index contributed by atoms with van der Waals surface area (Å²) >= 11 is 6.12. The zero-order valence-electron chi connectivity index (χ0n) is 11.1. The van der Waals surface area contributed by atoms with Gasteiger partial charge in [0.05, 0.1) is 5.56 Å². The van der Waals surface area contributed by atoms with Crippen LogP contribution in [0, 0.1) is 32.1 Å². The molecule has 0 bridgehead atoms. The van der Waals surface area contributed by atoms with E-state index in [1.807, 2.05) is 51.1 Å². The van der Waals surface area contributed by atoms with Crippen molar-refractivity contribution in [3.63, 3.8) is 0 Å². The molecule has 0 heterocycles. The first-order valence-corrected chi connectivity index (χ1v) is 6.34. The molecule has 0 aromatic heterocycles. The third-order valence-corrected chi connectivity index (χ3v) is 3.49. The van der Waals surface area contributed by atoms with Crippen molar-refractivity contribution in [2.24, 2.45) is 0 Å². The van der Waals surface area contributed by atoms with Crippen LogP contribution in [0.1, 0.15) is 22.3 Å². The van der Waals surface area contributed by atoms with Gasteiger partial charge >= 0.3 is 0 Å². The highest BCUT2D eigenvalue weighted by Crippen LogP contribution is 2.30. The Bertz CT molecular complexity index is 648. The lowest BCUT2D eigenvalue weighted by Gasteiger charge is -2.11. The van der Waals surface area contributed by atoms with Gasteiger partial charge in [-0.3, -0.25) is 0 Å². The van der Waals surface area contributed by atoms with Crippen molar-refractivity contribution in [2.75, 3.05) is 0 Å². The van der Waals surface area contributed by atoms with E-state index in [2.05, 4.69) is 6.07 Å². The summed E-state index contributed by atoms with van der Waals surface area (Å²) in [6, 6.07) is 11.4. The smallest absolute Gasteiger partial charge is 0.145 e. The van der Waals surface area contributed by atoms with E-state index in [9.17, 15) is 0 Å². The number of rotatable bonds is 2. The van der Waals surface area contributed by atoms with Gasteiger partial charge in [-0.2, -0.15) is 5.26 Å². The lowest BCUT2D eigenvalue weighted by Crippen LogP contribution is -1.91. The molecule has 0 aliphatic carbocycles. The maximum atomic E-state index is 9.12. The van der Waals surface area contributed by atoms with E-state index in [1.54, 1.807) is 0 Å². The Kier molecular flexibility index (Phi) is 3.78. The molecule has 0 fully saturated rings. The van der Waals surface area contributed by atoms with Crippen LogP contribution in [0.2, 0.25) is 5.02 Å². The number of nitrogens with zero attached hydrogens (tertiary/aromatic N) is 1. The summed E-state index contributed by atoms with van der Waals surface area (Å²) in [5.74, 6) is 1.26. The second-order valence-electron chi connectivity index (χ2n) is 4.58. The normalized spacial score (nSPS) is 10.1. The minimum Gasteiger partial charge on any atom is -0.456 e. The van der Waals surface area contributed by atoms with Crippen LogP contribution >= 0.6 is 11.6 Å². The molecule has 2 aromatic rings. The molecule has 2 rings (SSSR count). The molecule has 0 N–H and O–H groups in total. The number of aryl methyl sites for hydroxylation is 3. The number of hydrogen-bond acceptors (Lipinski definition) is 2. The standard InChI is InChI=1S/C16H14ClNO/c1-10-4-5-15(13(6-10)9-18)19-14-7-11(2)16(17)12(3)8-14/h4-8H,1-3H3. The first-order chi connectivity index (χ1) is 9.01. The number of hydrogen-bond donors (Lipinski definition) is 0. The molecule has 0 saturated heterocycles. The van der Waals surface area contributed by atoms with Crippen LogP contribution in [0.3, 0.4) is 0 Å². The van der Waals surface area contributed by atoms with Crippen LogP contribution < -0.4 is 4.74 Å². The molecule has 96 valence electrons. The molecular formula is C16H14ClNO. The number of halogens is 1. The number of ether oxygens (including phenoxy) is 1. The molecule has 0 aliphatic heterocycles. The van der Waals surface area contributed by atoms with Crippen molar-refractivity contribution in [3.05, 3.63) is 57.6 Å². The highest BCUT2D eigenvalue weighted by molar-refractivity contribution is 6.32. The van der Waals surface area contributed by atoms with E-state index >= 15 is 0 Å². The summed E-state index contributed by atoms with van der Waals surface area (Å²) in [6.45, 7) is 5.81. The zero-order chi connectivity index (χ0) is 14.0. The van der Waals surface area contributed by atoms with Crippen molar-refractivity contribution in [1.29, 1.82) is 5.26 Å². The minimum atomic E-state index is 0.533. The van der Waals surface area contributed by atoms with Crippen LogP contribution in [0.4, 0.5) is 0 Å². The van der Waals surface area contributed by atoms with Crippen molar-refractivity contribution in [1.82, 2.24) is 0 Å².